The summed E-state index contributed by atoms with van der Waals surface area (Å²) in [5.74, 6) is 2.17. The molecule has 0 aliphatic heterocycles. The molecule has 7 heteroatoms. The number of rotatable bonds is 7. The van der Waals surface area contributed by atoms with E-state index in [1.807, 2.05) is 37.0 Å². The van der Waals surface area contributed by atoms with Crippen LogP contribution in [0.5, 0.6) is 5.75 Å². The molecule has 2 aromatic rings. The molecule has 2 rings (SSSR count). The second kappa shape index (κ2) is 11.2. The SMILES string of the molecule is CN=C(NCCOc1ccccc1C)N(C)Cc1cn(C)nc1C(C)C.I. The zero-order chi connectivity index (χ0) is 19.1. The van der Waals surface area contributed by atoms with E-state index < -0.39 is 0 Å². The van der Waals surface area contributed by atoms with E-state index in [-0.39, 0.29) is 24.0 Å². The Morgan fingerprint density at radius 3 is 2.67 bits per heavy atom. The molecular weight excluding hydrogens is 453 g/mol. The van der Waals surface area contributed by atoms with Gasteiger partial charge in [0.2, 0.25) is 0 Å². The zero-order valence-corrected chi connectivity index (χ0v) is 19.5. The highest BCUT2D eigenvalue weighted by molar-refractivity contribution is 14.0. The van der Waals surface area contributed by atoms with Gasteiger partial charge in [0.15, 0.2) is 5.96 Å². The van der Waals surface area contributed by atoms with Gasteiger partial charge in [-0.05, 0) is 24.5 Å². The highest BCUT2D eigenvalue weighted by Crippen LogP contribution is 2.18. The highest BCUT2D eigenvalue weighted by Gasteiger charge is 2.15. The number of hydrogen-bond acceptors (Lipinski definition) is 3. The molecule has 0 bridgehead atoms. The van der Waals surface area contributed by atoms with Crippen LogP contribution in [0, 0.1) is 6.92 Å². The molecule has 0 spiro atoms. The van der Waals surface area contributed by atoms with Crippen molar-refractivity contribution >= 4 is 29.9 Å². The van der Waals surface area contributed by atoms with Crippen molar-refractivity contribution in [1.82, 2.24) is 20.0 Å². The Hall–Kier alpha value is -1.77. The molecule has 150 valence electrons. The van der Waals surface area contributed by atoms with Gasteiger partial charge in [-0.2, -0.15) is 5.10 Å². The number of para-hydroxylation sites is 1. The lowest BCUT2D eigenvalue weighted by Gasteiger charge is -2.22. The molecule has 0 aliphatic carbocycles. The minimum atomic E-state index is 0. The van der Waals surface area contributed by atoms with Crippen molar-refractivity contribution in [3.8, 4) is 5.75 Å². The third kappa shape index (κ3) is 6.71. The van der Waals surface area contributed by atoms with Crippen molar-refractivity contribution in [1.29, 1.82) is 0 Å². The van der Waals surface area contributed by atoms with Gasteiger partial charge in [0.25, 0.3) is 0 Å². The van der Waals surface area contributed by atoms with Crippen molar-refractivity contribution in [2.24, 2.45) is 12.0 Å². The van der Waals surface area contributed by atoms with E-state index >= 15 is 0 Å². The lowest BCUT2D eigenvalue weighted by Crippen LogP contribution is -2.40. The van der Waals surface area contributed by atoms with E-state index in [1.165, 1.54) is 5.56 Å². The summed E-state index contributed by atoms with van der Waals surface area (Å²) in [6.45, 7) is 8.43. The van der Waals surface area contributed by atoms with Gasteiger partial charge in [0.1, 0.15) is 12.4 Å². The molecule has 27 heavy (non-hydrogen) atoms. The molecular formula is C20H32IN5O. The summed E-state index contributed by atoms with van der Waals surface area (Å²) in [7, 11) is 5.80. The maximum absolute atomic E-state index is 5.83. The molecule has 1 aromatic heterocycles. The van der Waals surface area contributed by atoms with Crippen LogP contribution in [0.2, 0.25) is 0 Å². The summed E-state index contributed by atoms with van der Waals surface area (Å²) in [6.07, 6.45) is 2.08. The molecule has 0 saturated heterocycles. The van der Waals surface area contributed by atoms with Gasteiger partial charge in [-0.1, -0.05) is 32.0 Å². The van der Waals surface area contributed by atoms with Gasteiger partial charge in [0.05, 0.1) is 12.2 Å². The largest absolute Gasteiger partial charge is 0.491 e. The monoisotopic (exact) mass is 485 g/mol. The van der Waals surface area contributed by atoms with Crippen LogP contribution in [0.3, 0.4) is 0 Å². The summed E-state index contributed by atoms with van der Waals surface area (Å²) < 4.78 is 7.71. The quantitative estimate of drug-likeness (QED) is 0.282. The average molecular weight is 485 g/mol. The zero-order valence-electron chi connectivity index (χ0n) is 17.2. The predicted molar refractivity (Wildman–Crippen MR) is 122 cm³/mol. The number of aryl methyl sites for hydroxylation is 2. The lowest BCUT2D eigenvalue weighted by molar-refractivity contribution is 0.317. The second-order valence-corrected chi connectivity index (χ2v) is 6.81. The first-order valence-corrected chi connectivity index (χ1v) is 9.05. The predicted octanol–water partition coefficient (Wildman–Crippen LogP) is 3.56. The lowest BCUT2D eigenvalue weighted by atomic mass is 10.1. The molecule has 0 fully saturated rings. The second-order valence-electron chi connectivity index (χ2n) is 6.81. The van der Waals surface area contributed by atoms with E-state index in [0.29, 0.717) is 19.1 Å². The Morgan fingerprint density at radius 2 is 2.04 bits per heavy atom. The van der Waals surface area contributed by atoms with Gasteiger partial charge in [-0.3, -0.25) is 9.67 Å². The third-order valence-electron chi connectivity index (χ3n) is 4.20. The molecule has 0 amide bonds. The summed E-state index contributed by atoms with van der Waals surface area (Å²) in [6, 6.07) is 8.05. The molecule has 0 unspecified atom stereocenters. The average Bonchev–Trinajstić information content (AvgIpc) is 2.97. The first-order chi connectivity index (χ1) is 12.4. The Morgan fingerprint density at radius 1 is 1.33 bits per heavy atom. The van der Waals surface area contributed by atoms with Gasteiger partial charge in [-0.15, -0.1) is 24.0 Å². The molecule has 6 nitrogen and oxygen atoms in total. The number of hydrogen-bond donors (Lipinski definition) is 1. The minimum absolute atomic E-state index is 0. The third-order valence-corrected chi connectivity index (χ3v) is 4.20. The fraction of sp³-hybridized carbons (Fsp3) is 0.500. The highest BCUT2D eigenvalue weighted by atomic mass is 127. The maximum atomic E-state index is 5.83. The van der Waals surface area contributed by atoms with Crippen molar-refractivity contribution in [3.63, 3.8) is 0 Å². The fourth-order valence-electron chi connectivity index (χ4n) is 2.92. The number of guanidine groups is 1. The van der Waals surface area contributed by atoms with Gasteiger partial charge in [0, 0.05) is 39.4 Å². The van der Waals surface area contributed by atoms with Gasteiger partial charge in [-0.25, -0.2) is 0 Å². The Kier molecular flexibility index (Phi) is 9.62. The molecule has 1 heterocycles. The summed E-state index contributed by atoms with van der Waals surface area (Å²) in [4.78, 5) is 6.48. The molecule has 0 aliphatic rings. The Balaban J connectivity index is 0.00000364. The molecule has 1 N–H and O–H groups in total. The first-order valence-electron chi connectivity index (χ1n) is 9.05. The molecule has 0 atom stereocenters. The van der Waals surface area contributed by atoms with Crippen LogP contribution in [0.25, 0.3) is 0 Å². The van der Waals surface area contributed by atoms with Crippen molar-refractivity contribution < 1.29 is 4.74 Å². The summed E-state index contributed by atoms with van der Waals surface area (Å²) in [5, 5.41) is 7.93. The number of halogens is 1. The van der Waals surface area contributed by atoms with Gasteiger partial charge >= 0.3 is 0 Å². The number of nitrogens with one attached hydrogen (secondary N) is 1. The molecule has 0 saturated carbocycles. The number of aliphatic imine (C=N–C) groups is 1. The van der Waals surface area contributed by atoms with Crippen LogP contribution in [0.15, 0.2) is 35.5 Å². The fourth-order valence-corrected chi connectivity index (χ4v) is 2.92. The van der Waals surface area contributed by atoms with E-state index in [0.717, 1.165) is 29.5 Å². The normalized spacial score (nSPS) is 11.3. The molecule has 1 aromatic carbocycles. The smallest absolute Gasteiger partial charge is 0.193 e. The van der Waals surface area contributed by atoms with E-state index in [2.05, 4.69) is 53.3 Å². The van der Waals surface area contributed by atoms with Crippen molar-refractivity contribution in [3.05, 3.63) is 47.3 Å². The molecule has 0 radical (unpaired) electrons. The van der Waals surface area contributed by atoms with E-state index in [9.17, 15) is 0 Å². The Labute approximate surface area is 180 Å². The number of nitrogens with zero attached hydrogens (tertiary/aromatic N) is 4. The van der Waals surface area contributed by atoms with Crippen molar-refractivity contribution in [2.45, 2.75) is 33.2 Å². The van der Waals surface area contributed by atoms with E-state index in [4.69, 9.17) is 4.74 Å². The van der Waals surface area contributed by atoms with Crippen LogP contribution in [0.1, 0.15) is 36.6 Å². The summed E-state index contributed by atoms with van der Waals surface area (Å²) in [5.41, 5.74) is 3.51. The van der Waals surface area contributed by atoms with Crippen LogP contribution >= 0.6 is 24.0 Å². The van der Waals surface area contributed by atoms with Gasteiger partial charge < -0.3 is 15.0 Å². The first kappa shape index (κ1) is 23.3. The van der Waals surface area contributed by atoms with Crippen LogP contribution < -0.4 is 10.1 Å². The number of benzene rings is 1. The number of ether oxygens (including phenoxy) is 1. The number of aromatic nitrogens is 2. The topological polar surface area (TPSA) is 54.7 Å². The Bertz CT molecular complexity index is 742. The summed E-state index contributed by atoms with van der Waals surface area (Å²) >= 11 is 0. The minimum Gasteiger partial charge on any atom is -0.491 e. The van der Waals surface area contributed by atoms with E-state index in [1.54, 1.807) is 7.05 Å². The standard InChI is InChI=1S/C20H31N5O.HI/c1-15(2)19-17(14-25(6)23-19)13-24(5)20(21-4)22-11-12-26-18-10-8-7-9-16(18)3;/h7-10,14-15H,11-13H2,1-6H3,(H,21,22);1H. The van der Waals surface area contributed by atoms with Crippen LogP contribution in [0.4, 0.5) is 0 Å². The van der Waals surface area contributed by atoms with Crippen LogP contribution in [-0.4, -0.2) is 47.9 Å². The van der Waals surface area contributed by atoms with Crippen molar-refractivity contribution in [2.75, 3.05) is 27.2 Å². The van der Waals surface area contributed by atoms with Crippen LogP contribution in [-0.2, 0) is 13.6 Å². The maximum Gasteiger partial charge on any atom is 0.193 e.